The summed E-state index contributed by atoms with van der Waals surface area (Å²) < 4.78 is 6.51. The van der Waals surface area contributed by atoms with Gasteiger partial charge in [-0.15, -0.1) is 0 Å². The van der Waals surface area contributed by atoms with Gasteiger partial charge in [0.05, 0.1) is 7.11 Å². The van der Waals surface area contributed by atoms with E-state index in [2.05, 4.69) is 63.3 Å². The van der Waals surface area contributed by atoms with Crippen LogP contribution in [0.15, 0.2) is 51.9 Å². The summed E-state index contributed by atoms with van der Waals surface area (Å²) in [7, 11) is 3.37. The van der Waals surface area contributed by atoms with Gasteiger partial charge in [0.1, 0.15) is 5.75 Å². The molecule has 2 N–H and O–H groups in total. The third-order valence-corrected chi connectivity index (χ3v) is 6.51. The van der Waals surface area contributed by atoms with Crippen LogP contribution >= 0.6 is 15.9 Å². The molecule has 0 saturated carbocycles. The highest BCUT2D eigenvalue weighted by Crippen LogP contribution is 2.25. The third kappa shape index (κ3) is 8.76. The van der Waals surface area contributed by atoms with E-state index in [4.69, 9.17) is 4.74 Å². The maximum absolute atomic E-state index is 13.1. The predicted octanol–water partition coefficient (Wildman–Crippen LogP) is 5.06. The van der Waals surface area contributed by atoms with Gasteiger partial charge in [0.2, 0.25) is 0 Å². The Balaban J connectivity index is 1.98. The van der Waals surface area contributed by atoms with Gasteiger partial charge in [-0.2, -0.15) is 0 Å². The zero-order chi connectivity index (χ0) is 24.9. The largest absolute Gasteiger partial charge is 0.496 e. The zero-order valence-corrected chi connectivity index (χ0v) is 22.7. The smallest absolute Gasteiger partial charge is 0.258 e. The fourth-order valence-corrected chi connectivity index (χ4v) is 4.38. The van der Waals surface area contributed by atoms with Gasteiger partial charge in [0.15, 0.2) is 5.96 Å². The molecule has 6 nitrogen and oxygen atoms in total. The number of halogens is 1. The van der Waals surface area contributed by atoms with Gasteiger partial charge in [-0.05, 0) is 87.6 Å². The molecule has 0 aliphatic carbocycles. The number of nitrogens with zero attached hydrogens (tertiary/aromatic N) is 2. The van der Waals surface area contributed by atoms with Crippen molar-refractivity contribution in [3.8, 4) is 5.75 Å². The number of guanidine groups is 1. The average Bonchev–Trinajstić information content (AvgIpc) is 2.85. The Labute approximate surface area is 213 Å². The van der Waals surface area contributed by atoms with Crippen LogP contribution in [0.25, 0.3) is 0 Å². The molecule has 0 bridgehead atoms. The standard InChI is InChI=1S/C27H39BrN4O2/c1-6-32(7-2)18-10-11-20(3)30-27(29-4)31-26(33)24-13-9-8-12-21(24)14-15-22-19-23(28)16-17-25(22)34-5/h8-9,12-13,16-17,19-20H,6-7,10-11,14-15,18H2,1-5H3,(H2,29,30,31,33). The number of nitrogens with one attached hydrogen (secondary N) is 2. The van der Waals surface area contributed by atoms with E-state index >= 15 is 0 Å². The zero-order valence-electron chi connectivity index (χ0n) is 21.2. The molecule has 0 fully saturated rings. The van der Waals surface area contributed by atoms with Crippen LogP contribution in [0, 0.1) is 0 Å². The molecular formula is C27H39BrN4O2. The Kier molecular flexibility index (Phi) is 12.1. The van der Waals surface area contributed by atoms with Crippen molar-refractivity contribution < 1.29 is 9.53 Å². The molecule has 1 unspecified atom stereocenters. The number of hydrogen-bond acceptors (Lipinski definition) is 4. The molecule has 0 heterocycles. The number of ether oxygens (including phenoxy) is 1. The van der Waals surface area contributed by atoms with Crippen LogP contribution in [0.3, 0.4) is 0 Å². The van der Waals surface area contributed by atoms with E-state index < -0.39 is 0 Å². The normalized spacial score (nSPS) is 12.5. The Morgan fingerprint density at radius 1 is 1.12 bits per heavy atom. The van der Waals surface area contributed by atoms with Crippen molar-refractivity contribution in [2.24, 2.45) is 4.99 Å². The lowest BCUT2D eigenvalue weighted by atomic mass is 9.99. The number of amides is 1. The molecule has 2 rings (SSSR count). The number of hydrogen-bond donors (Lipinski definition) is 2. The van der Waals surface area contributed by atoms with Crippen molar-refractivity contribution in [2.45, 2.75) is 52.5 Å². The highest BCUT2D eigenvalue weighted by molar-refractivity contribution is 9.10. The van der Waals surface area contributed by atoms with E-state index in [1.165, 1.54) is 0 Å². The second kappa shape index (κ2) is 14.8. The van der Waals surface area contributed by atoms with Crippen molar-refractivity contribution in [3.05, 3.63) is 63.6 Å². The first-order chi connectivity index (χ1) is 16.4. The minimum absolute atomic E-state index is 0.153. The van der Waals surface area contributed by atoms with Gasteiger partial charge in [-0.1, -0.05) is 48.0 Å². The highest BCUT2D eigenvalue weighted by atomic mass is 79.9. The molecule has 34 heavy (non-hydrogen) atoms. The maximum Gasteiger partial charge on any atom is 0.258 e. The van der Waals surface area contributed by atoms with Crippen LogP contribution in [-0.4, -0.2) is 56.6 Å². The maximum atomic E-state index is 13.1. The monoisotopic (exact) mass is 530 g/mol. The summed E-state index contributed by atoms with van der Waals surface area (Å²) in [6.07, 6.45) is 3.60. The molecule has 0 aliphatic heterocycles. The van der Waals surface area contributed by atoms with E-state index in [1.54, 1.807) is 14.2 Å². The van der Waals surface area contributed by atoms with E-state index in [9.17, 15) is 4.79 Å². The van der Waals surface area contributed by atoms with E-state index in [0.717, 1.165) is 66.7 Å². The second-order valence-corrected chi connectivity index (χ2v) is 9.27. The molecular weight excluding hydrogens is 492 g/mol. The van der Waals surface area contributed by atoms with Crippen LogP contribution in [-0.2, 0) is 12.8 Å². The SMILES string of the molecule is CCN(CC)CCCC(C)NC(=NC)NC(=O)c1ccccc1CCc1cc(Br)ccc1OC. The quantitative estimate of drug-likeness (QED) is 0.297. The first-order valence-corrected chi connectivity index (χ1v) is 12.9. The van der Waals surface area contributed by atoms with Crippen molar-refractivity contribution in [2.75, 3.05) is 33.8 Å². The predicted molar refractivity (Wildman–Crippen MR) is 145 cm³/mol. The summed E-state index contributed by atoms with van der Waals surface area (Å²) >= 11 is 3.53. The number of carbonyl (C=O) groups excluding carboxylic acids is 1. The van der Waals surface area contributed by atoms with Crippen LogP contribution in [0.1, 0.15) is 55.1 Å². The molecule has 186 valence electrons. The van der Waals surface area contributed by atoms with Gasteiger partial charge >= 0.3 is 0 Å². The minimum Gasteiger partial charge on any atom is -0.496 e. The fourth-order valence-electron chi connectivity index (χ4n) is 3.97. The lowest BCUT2D eigenvalue weighted by molar-refractivity contribution is 0.0974. The van der Waals surface area contributed by atoms with Gasteiger partial charge in [0, 0.05) is 23.1 Å². The van der Waals surface area contributed by atoms with Crippen LogP contribution in [0.2, 0.25) is 0 Å². The highest BCUT2D eigenvalue weighted by Gasteiger charge is 2.15. The molecule has 2 aromatic rings. The van der Waals surface area contributed by atoms with E-state index in [-0.39, 0.29) is 11.9 Å². The van der Waals surface area contributed by atoms with Gasteiger partial charge in [0.25, 0.3) is 5.91 Å². The Morgan fingerprint density at radius 3 is 2.50 bits per heavy atom. The number of aryl methyl sites for hydroxylation is 2. The lowest BCUT2D eigenvalue weighted by Gasteiger charge is -2.21. The molecule has 0 radical (unpaired) electrons. The molecule has 0 aromatic heterocycles. The summed E-state index contributed by atoms with van der Waals surface area (Å²) in [5, 5.41) is 6.32. The number of carbonyl (C=O) groups is 1. The first kappa shape index (κ1) is 27.9. The Bertz CT molecular complexity index is 944. The summed E-state index contributed by atoms with van der Waals surface area (Å²) in [6.45, 7) is 9.73. The van der Waals surface area contributed by atoms with Gasteiger partial charge in [-0.3, -0.25) is 15.1 Å². The van der Waals surface area contributed by atoms with E-state index in [1.807, 2.05) is 36.4 Å². The van der Waals surface area contributed by atoms with Crippen LogP contribution < -0.4 is 15.4 Å². The Morgan fingerprint density at radius 2 is 1.82 bits per heavy atom. The summed E-state index contributed by atoms with van der Waals surface area (Å²) in [5.74, 6) is 1.20. The fraction of sp³-hybridized carbons (Fsp3) is 0.481. The topological polar surface area (TPSA) is 66.0 Å². The Hall–Kier alpha value is -2.38. The first-order valence-electron chi connectivity index (χ1n) is 12.1. The number of methoxy groups -OCH3 is 1. The summed E-state index contributed by atoms with van der Waals surface area (Å²) in [5.41, 5.74) is 2.75. The van der Waals surface area contributed by atoms with Crippen LogP contribution in [0.5, 0.6) is 5.75 Å². The van der Waals surface area contributed by atoms with Crippen molar-refractivity contribution in [1.29, 1.82) is 0 Å². The number of aliphatic imine (C=N–C) groups is 1. The lowest BCUT2D eigenvalue weighted by Crippen LogP contribution is -2.45. The summed E-state index contributed by atoms with van der Waals surface area (Å²) in [6, 6.07) is 13.9. The second-order valence-electron chi connectivity index (χ2n) is 8.35. The molecule has 1 amide bonds. The average molecular weight is 532 g/mol. The summed E-state index contributed by atoms with van der Waals surface area (Å²) in [4.78, 5) is 19.8. The molecule has 1 atom stereocenters. The number of rotatable bonds is 12. The van der Waals surface area contributed by atoms with Crippen molar-refractivity contribution >= 4 is 27.8 Å². The molecule has 0 aliphatic rings. The third-order valence-electron chi connectivity index (χ3n) is 6.01. The molecule has 0 saturated heterocycles. The molecule has 0 spiro atoms. The van der Waals surface area contributed by atoms with E-state index in [0.29, 0.717) is 11.5 Å². The van der Waals surface area contributed by atoms with Gasteiger partial charge < -0.3 is 15.0 Å². The molecule has 7 heteroatoms. The minimum atomic E-state index is -0.153. The molecule has 2 aromatic carbocycles. The van der Waals surface area contributed by atoms with Crippen molar-refractivity contribution in [3.63, 3.8) is 0 Å². The number of benzene rings is 2. The van der Waals surface area contributed by atoms with Crippen molar-refractivity contribution in [1.82, 2.24) is 15.5 Å². The van der Waals surface area contributed by atoms with Gasteiger partial charge in [-0.25, -0.2) is 0 Å². The van der Waals surface area contributed by atoms with Crippen LogP contribution in [0.4, 0.5) is 0 Å².